The number of carboxylic acids is 1. The maximum absolute atomic E-state index is 10.2. The Morgan fingerprint density at radius 2 is 2.00 bits per heavy atom. The molecule has 0 aromatic carbocycles. The van der Waals surface area contributed by atoms with E-state index < -0.39 is 12.1 Å². The number of hydrogen-bond acceptors (Lipinski definition) is 2. The van der Waals surface area contributed by atoms with Gasteiger partial charge in [0.1, 0.15) is 0 Å². The molecule has 0 amide bonds. The van der Waals surface area contributed by atoms with Gasteiger partial charge in [0.05, 0.1) is 6.10 Å². The van der Waals surface area contributed by atoms with Gasteiger partial charge in [-0.15, -0.1) is 0 Å². The summed E-state index contributed by atoms with van der Waals surface area (Å²) in [5.74, 6) is -0.172. The first kappa shape index (κ1) is 10.5. The lowest BCUT2D eigenvalue weighted by molar-refractivity contribution is -0.137. The summed E-state index contributed by atoms with van der Waals surface area (Å²) < 4.78 is 0. The lowest BCUT2D eigenvalue weighted by Gasteiger charge is -2.13. The van der Waals surface area contributed by atoms with E-state index >= 15 is 0 Å². The SMILES string of the molecule is O=C(O)CCC(O)CC1CCCC1. The number of carbonyl (C=O) groups is 1. The second-order valence-electron chi connectivity index (χ2n) is 3.97. The Labute approximate surface area is 78.8 Å². The summed E-state index contributed by atoms with van der Waals surface area (Å²) >= 11 is 0. The Bertz CT molecular complexity index is 162. The van der Waals surface area contributed by atoms with E-state index in [9.17, 15) is 9.90 Å². The normalized spacial score (nSPS) is 20.4. The molecule has 1 atom stereocenters. The van der Waals surface area contributed by atoms with Crippen LogP contribution in [0.15, 0.2) is 0 Å². The predicted octanol–water partition coefficient (Wildman–Crippen LogP) is 1.79. The Morgan fingerprint density at radius 3 is 2.54 bits per heavy atom. The predicted molar refractivity (Wildman–Crippen MR) is 49.5 cm³/mol. The second kappa shape index (κ2) is 5.22. The first-order valence-electron chi connectivity index (χ1n) is 5.08. The highest BCUT2D eigenvalue weighted by atomic mass is 16.4. The number of aliphatic hydroxyl groups excluding tert-OH is 1. The Morgan fingerprint density at radius 1 is 1.38 bits per heavy atom. The average molecular weight is 186 g/mol. The van der Waals surface area contributed by atoms with Crippen molar-refractivity contribution in [2.45, 2.75) is 51.0 Å². The summed E-state index contributed by atoms with van der Waals surface area (Å²) in [4.78, 5) is 10.2. The number of aliphatic carboxylic acids is 1. The van der Waals surface area contributed by atoms with E-state index in [1.165, 1.54) is 25.7 Å². The molecule has 3 heteroatoms. The van der Waals surface area contributed by atoms with E-state index in [-0.39, 0.29) is 6.42 Å². The van der Waals surface area contributed by atoms with E-state index in [0.29, 0.717) is 12.3 Å². The molecule has 1 unspecified atom stereocenters. The minimum atomic E-state index is -0.814. The van der Waals surface area contributed by atoms with Gasteiger partial charge in [-0.25, -0.2) is 0 Å². The topological polar surface area (TPSA) is 57.5 Å². The van der Waals surface area contributed by atoms with Crippen molar-refractivity contribution in [3.05, 3.63) is 0 Å². The van der Waals surface area contributed by atoms with Crippen LogP contribution in [0.2, 0.25) is 0 Å². The zero-order chi connectivity index (χ0) is 9.68. The van der Waals surface area contributed by atoms with Gasteiger partial charge in [0.2, 0.25) is 0 Å². The third-order valence-electron chi connectivity index (χ3n) is 2.77. The van der Waals surface area contributed by atoms with Crippen molar-refractivity contribution in [3.63, 3.8) is 0 Å². The smallest absolute Gasteiger partial charge is 0.303 e. The van der Waals surface area contributed by atoms with Crippen LogP contribution in [0.25, 0.3) is 0 Å². The van der Waals surface area contributed by atoms with Crippen LogP contribution in [0.3, 0.4) is 0 Å². The molecule has 0 heterocycles. The van der Waals surface area contributed by atoms with Gasteiger partial charge in [0, 0.05) is 6.42 Å². The number of carboxylic acid groups (broad SMARTS) is 1. The van der Waals surface area contributed by atoms with E-state index in [2.05, 4.69) is 0 Å². The molecule has 1 aliphatic carbocycles. The third-order valence-corrected chi connectivity index (χ3v) is 2.77. The lowest BCUT2D eigenvalue weighted by Crippen LogP contribution is -2.13. The van der Waals surface area contributed by atoms with Crippen LogP contribution < -0.4 is 0 Å². The largest absolute Gasteiger partial charge is 0.481 e. The summed E-state index contributed by atoms with van der Waals surface area (Å²) in [5, 5.41) is 17.9. The van der Waals surface area contributed by atoms with Crippen molar-refractivity contribution in [3.8, 4) is 0 Å². The Kier molecular flexibility index (Phi) is 4.22. The van der Waals surface area contributed by atoms with Gasteiger partial charge in [0.15, 0.2) is 0 Å². The van der Waals surface area contributed by atoms with Crippen molar-refractivity contribution in [1.82, 2.24) is 0 Å². The monoisotopic (exact) mass is 186 g/mol. The quantitative estimate of drug-likeness (QED) is 0.688. The number of rotatable bonds is 5. The fourth-order valence-electron chi connectivity index (χ4n) is 2.04. The fourth-order valence-corrected chi connectivity index (χ4v) is 2.04. The molecule has 0 spiro atoms. The molecule has 3 nitrogen and oxygen atoms in total. The van der Waals surface area contributed by atoms with Gasteiger partial charge in [-0.05, 0) is 18.8 Å². The molecule has 1 aliphatic rings. The van der Waals surface area contributed by atoms with Crippen LogP contribution in [0.4, 0.5) is 0 Å². The van der Waals surface area contributed by atoms with Gasteiger partial charge in [-0.3, -0.25) is 4.79 Å². The van der Waals surface area contributed by atoms with Crippen LogP contribution in [0.1, 0.15) is 44.9 Å². The van der Waals surface area contributed by atoms with Crippen molar-refractivity contribution >= 4 is 5.97 Å². The number of hydrogen-bond donors (Lipinski definition) is 2. The Hall–Kier alpha value is -0.570. The van der Waals surface area contributed by atoms with Crippen molar-refractivity contribution in [2.24, 2.45) is 5.92 Å². The first-order chi connectivity index (χ1) is 6.18. The fraction of sp³-hybridized carbons (Fsp3) is 0.900. The van der Waals surface area contributed by atoms with Gasteiger partial charge < -0.3 is 10.2 Å². The molecule has 0 aliphatic heterocycles. The minimum Gasteiger partial charge on any atom is -0.481 e. The molecule has 2 N–H and O–H groups in total. The molecular formula is C10H18O3. The summed E-state index contributed by atoms with van der Waals surface area (Å²) in [6.45, 7) is 0. The van der Waals surface area contributed by atoms with Gasteiger partial charge in [0.25, 0.3) is 0 Å². The van der Waals surface area contributed by atoms with E-state index in [0.717, 1.165) is 6.42 Å². The van der Waals surface area contributed by atoms with Crippen molar-refractivity contribution < 1.29 is 15.0 Å². The molecule has 0 aromatic heterocycles. The van der Waals surface area contributed by atoms with E-state index in [4.69, 9.17) is 5.11 Å². The van der Waals surface area contributed by atoms with Crippen LogP contribution in [-0.2, 0) is 4.79 Å². The van der Waals surface area contributed by atoms with Gasteiger partial charge in [-0.1, -0.05) is 25.7 Å². The molecule has 13 heavy (non-hydrogen) atoms. The average Bonchev–Trinajstić information content (AvgIpc) is 2.53. The molecule has 1 fully saturated rings. The molecule has 0 radical (unpaired) electrons. The maximum atomic E-state index is 10.2. The molecule has 0 saturated heterocycles. The summed E-state index contributed by atoms with van der Waals surface area (Å²) in [6.07, 6.45) is 5.87. The van der Waals surface area contributed by atoms with Crippen molar-refractivity contribution in [2.75, 3.05) is 0 Å². The summed E-state index contributed by atoms with van der Waals surface area (Å²) in [7, 11) is 0. The molecular weight excluding hydrogens is 168 g/mol. The summed E-state index contributed by atoms with van der Waals surface area (Å²) in [6, 6.07) is 0. The third kappa shape index (κ3) is 4.27. The standard InChI is InChI=1S/C10H18O3/c11-9(5-6-10(12)13)7-8-3-1-2-4-8/h8-9,11H,1-7H2,(H,12,13). The zero-order valence-corrected chi connectivity index (χ0v) is 7.91. The first-order valence-corrected chi connectivity index (χ1v) is 5.08. The maximum Gasteiger partial charge on any atom is 0.303 e. The molecule has 1 rings (SSSR count). The van der Waals surface area contributed by atoms with Crippen LogP contribution in [0.5, 0.6) is 0 Å². The van der Waals surface area contributed by atoms with Crippen LogP contribution in [0, 0.1) is 5.92 Å². The van der Waals surface area contributed by atoms with Crippen LogP contribution >= 0.6 is 0 Å². The molecule has 0 aromatic rings. The molecule has 76 valence electrons. The van der Waals surface area contributed by atoms with Gasteiger partial charge >= 0.3 is 5.97 Å². The van der Waals surface area contributed by atoms with Gasteiger partial charge in [-0.2, -0.15) is 0 Å². The van der Waals surface area contributed by atoms with Crippen molar-refractivity contribution in [1.29, 1.82) is 0 Å². The highest BCUT2D eigenvalue weighted by Crippen LogP contribution is 2.29. The lowest BCUT2D eigenvalue weighted by atomic mass is 9.98. The highest BCUT2D eigenvalue weighted by molar-refractivity contribution is 5.66. The van der Waals surface area contributed by atoms with Crippen LogP contribution in [-0.4, -0.2) is 22.3 Å². The molecule has 0 bridgehead atoms. The minimum absolute atomic E-state index is 0.0912. The molecule has 1 saturated carbocycles. The second-order valence-corrected chi connectivity index (χ2v) is 3.97. The Balaban J connectivity index is 2.09. The number of aliphatic hydroxyl groups is 1. The van der Waals surface area contributed by atoms with E-state index in [1.807, 2.05) is 0 Å². The highest BCUT2D eigenvalue weighted by Gasteiger charge is 2.18. The zero-order valence-electron chi connectivity index (χ0n) is 7.91. The summed E-state index contributed by atoms with van der Waals surface area (Å²) in [5.41, 5.74) is 0. The van der Waals surface area contributed by atoms with E-state index in [1.54, 1.807) is 0 Å².